The molecule has 1 rings (SSSR count). The molecule has 92 valence electrons. The minimum atomic E-state index is -4.78. The topological polar surface area (TPSA) is 77.5 Å². The first-order valence-electron chi connectivity index (χ1n) is 4.49. The number of carbonyl (C=O) groups excluding carboxylic acids is 2. The van der Waals surface area contributed by atoms with Crippen LogP contribution in [0.15, 0.2) is 29.2 Å². The van der Waals surface area contributed by atoms with Gasteiger partial charge in [0.15, 0.2) is 5.78 Å². The van der Waals surface area contributed by atoms with Crippen molar-refractivity contribution in [3.05, 3.63) is 29.8 Å². The van der Waals surface area contributed by atoms with E-state index < -0.39 is 33.3 Å². The molecule has 0 aliphatic heterocycles. The van der Waals surface area contributed by atoms with Gasteiger partial charge in [0.05, 0.1) is 12.0 Å². The summed E-state index contributed by atoms with van der Waals surface area (Å²) in [5, 5.41) is 0. The zero-order valence-corrected chi connectivity index (χ0v) is 9.66. The maximum absolute atomic E-state index is 12.5. The average Bonchev–Trinajstić information content (AvgIpc) is 2.27. The number of benzene rings is 1. The fraction of sp³-hybridized carbons (Fsp3) is 0.200. The molecule has 0 spiro atoms. The summed E-state index contributed by atoms with van der Waals surface area (Å²) in [6, 6.07) is 4.19. The average molecular weight is 260 g/mol. The lowest BCUT2D eigenvalue weighted by molar-refractivity contribution is -0.139. The van der Waals surface area contributed by atoms with Crippen LogP contribution >= 0.6 is 0 Å². The van der Waals surface area contributed by atoms with Crippen LogP contribution in [-0.2, 0) is 19.8 Å². The second-order valence-electron chi connectivity index (χ2n) is 3.14. The first kappa shape index (κ1) is 13.3. The van der Waals surface area contributed by atoms with Gasteiger partial charge in [0.25, 0.3) is 0 Å². The molecule has 0 aromatic heterocycles. The Bertz CT molecular complexity index is 532. The number of halogens is 1. The van der Waals surface area contributed by atoms with E-state index in [2.05, 4.69) is 4.74 Å². The molecule has 1 aromatic carbocycles. The maximum atomic E-state index is 12.5. The third kappa shape index (κ3) is 3.63. The van der Waals surface area contributed by atoms with Crippen molar-refractivity contribution in [2.75, 3.05) is 7.11 Å². The Morgan fingerprint density at radius 3 is 2.18 bits per heavy atom. The number of rotatable bonds is 4. The van der Waals surface area contributed by atoms with Crippen LogP contribution in [0.4, 0.5) is 3.89 Å². The van der Waals surface area contributed by atoms with Crippen molar-refractivity contribution < 1.29 is 26.6 Å². The molecule has 0 radical (unpaired) electrons. The van der Waals surface area contributed by atoms with Gasteiger partial charge in [-0.25, -0.2) is 0 Å². The first-order chi connectivity index (χ1) is 7.84. The second kappa shape index (κ2) is 5.05. The molecule has 0 atom stereocenters. The monoisotopic (exact) mass is 260 g/mol. The van der Waals surface area contributed by atoms with E-state index >= 15 is 0 Å². The third-order valence-electron chi connectivity index (χ3n) is 1.99. The van der Waals surface area contributed by atoms with E-state index in [9.17, 15) is 21.9 Å². The van der Waals surface area contributed by atoms with Crippen LogP contribution in [-0.4, -0.2) is 27.3 Å². The van der Waals surface area contributed by atoms with Crippen LogP contribution < -0.4 is 0 Å². The fourth-order valence-electron chi connectivity index (χ4n) is 1.11. The summed E-state index contributed by atoms with van der Waals surface area (Å²) in [5.74, 6) is -1.23. The van der Waals surface area contributed by atoms with Crippen molar-refractivity contribution in [3.8, 4) is 0 Å². The van der Waals surface area contributed by atoms with E-state index in [1.165, 1.54) is 0 Å². The summed E-state index contributed by atoms with van der Waals surface area (Å²) >= 11 is 0. The Morgan fingerprint density at radius 2 is 1.76 bits per heavy atom. The lowest BCUT2D eigenvalue weighted by Gasteiger charge is -2.00. The highest BCUT2D eigenvalue weighted by Crippen LogP contribution is 2.14. The van der Waals surface area contributed by atoms with E-state index in [0.29, 0.717) is 0 Å². The van der Waals surface area contributed by atoms with Gasteiger partial charge in [-0.15, -0.1) is 3.89 Å². The second-order valence-corrected chi connectivity index (χ2v) is 4.49. The van der Waals surface area contributed by atoms with Gasteiger partial charge in [0.2, 0.25) is 0 Å². The summed E-state index contributed by atoms with van der Waals surface area (Å²) in [5.41, 5.74) is 0.114. The van der Waals surface area contributed by atoms with Gasteiger partial charge in [0, 0.05) is 5.56 Å². The van der Waals surface area contributed by atoms with Gasteiger partial charge in [-0.05, 0) is 12.1 Å². The molecule has 0 N–H and O–H groups in total. The van der Waals surface area contributed by atoms with Gasteiger partial charge in [0.1, 0.15) is 6.42 Å². The van der Waals surface area contributed by atoms with Crippen LogP contribution in [0.3, 0.4) is 0 Å². The first-order valence-corrected chi connectivity index (χ1v) is 5.87. The summed E-state index contributed by atoms with van der Waals surface area (Å²) in [7, 11) is -3.63. The minimum Gasteiger partial charge on any atom is -0.469 e. The molecule has 17 heavy (non-hydrogen) atoms. The largest absolute Gasteiger partial charge is 0.469 e. The normalized spacial score (nSPS) is 10.9. The molecular formula is C10H9FO5S. The Morgan fingerprint density at radius 1 is 1.24 bits per heavy atom. The zero-order chi connectivity index (χ0) is 13.1. The van der Waals surface area contributed by atoms with E-state index in [-0.39, 0.29) is 5.56 Å². The molecule has 5 nitrogen and oxygen atoms in total. The Labute approximate surface area is 97.4 Å². The van der Waals surface area contributed by atoms with Crippen molar-refractivity contribution in [3.63, 3.8) is 0 Å². The van der Waals surface area contributed by atoms with Crippen LogP contribution in [0.1, 0.15) is 16.8 Å². The number of hydrogen-bond acceptors (Lipinski definition) is 5. The van der Waals surface area contributed by atoms with Crippen LogP contribution in [0.5, 0.6) is 0 Å². The van der Waals surface area contributed by atoms with E-state index in [1.807, 2.05) is 0 Å². The van der Waals surface area contributed by atoms with Crippen LogP contribution in [0, 0.1) is 0 Å². The molecule has 0 saturated carbocycles. The zero-order valence-electron chi connectivity index (χ0n) is 8.84. The number of Topliss-reactive ketones (excluding diaryl/α,β-unsaturated/α-hetero) is 1. The smallest absolute Gasteiger partial charge is 0.332 e. The predicted molar refractivity (Wildman–Crippen MR) is 55.7 cm³/mol. The van der Waals surface area contributed by atoms with E-state index in [1.54, 1.807) is 0 Å². The van der Waals surface area contributed by atoms with Gasteiger partial charge >= 0.3 is 16.2 Å². The van der Waals surface area contributed by atoms with Gasteiger partial charge in [-0.2, -0.15) is 8.42 Å². The van der Waals surface area contributed by atoms with Crippen LogP contribution in [0.2, 0.25) is 0 Å². The summed E-state index contributed by atoms with van der Waals surface area (Å²) < 4.78 is 37.9. The highest BCUT2D eigenvalue weighted by atomic mass is 32.3. The quantitative estimate of drug-likeness (QED) is 0.350. The minimum absolute atomic E-state index is 0.114. The third-order valence-corrected chi connectivity index (χ3v) is 2.83. The predicted octanol–water partition coefficient (Wildman–Crippen LogP) is 1.09. The molecule has 0 bridgehead atoms. The molecule has 0 fully saturated rings. The summed E-state index contributed by atoms with van der Waals surface area (Å²) in [4.78, 5) is 21.7. The molecule has 7 heteroatoms. The molecule has 0 amide bonds. The van der Waals surface area contributed by atoms with Gasteiger partial charge in [-0.1, -0.05) is 12.1 Å². The maximum Gasteiger partial charge on any atom is 0.332 e. The van der Waals surface area contributed by atoms with Gasteiger partial charge < -0.3 is 4.74 Å². The number of ketones is 1. The molecule has 0 aliphatic carbocycles. The van der Waals surface area contributed by atoms with Crippen molar-refractivity contribution in [2.24, 2.45) is 0 Å². The standard InChI is InChI=1S/C10H9FO5S/c1-16-10(13)6-9(12)7-2-4-8(5-3-7)17(11,14)15/h2-5H,6H2,1H3. The Hall–Kier alpha value is -1.76. The van der Waals surface area contributed by atoms with Crippen LogP contribution in [0.25, 0.3) is 0 Å². The molecule has 0 aliphatic rings. The molecular weight excluding hydrogens is 251 g/mol. The number of ether oxygens (including phenoxy) is 1. The van der Waals surface area contributed by atoms with Crippen molar-refractivity contribution >= 4 is 22.0 Å². The van der Waals surface area contributed by atoms with Crippen molar-refractivity contribution in [2.45, 2.75) is 11.3 Å². The SMILES string of the molecule is COC(=O)CC(=O)c1ccc(S(=O)(=O)F)cc1. The lowest BCUT2D eigenvalue weighted by atomic mass is 10.1. The number of esters is 1. The van der Waals surface area contributed by atoms with E-state index in [0.717, 1.165) is 31.4 Å². The van der Waals surface area contributed by atoms with E-state index in [4.69, 9.17) is 0 Å². The summed E-state index contributed by atoms with van der Waals surface area (Å²) in [6.07, 6.45) is -0.446. The number of hydrogen-bond donors (Lipinski definition) is 0. The number of methoxy groups -OCH3 is 1. The highest BCUT2D eigenvalue weighted by molar-refractivity contribution is 7.86. The number of carbonyl (C=O) groups is 2. The van der Waals surface area contributed by atoms with Crippen molar-refractivity contribution in [1.82, 2.24) is 0 Å². The van der Waals surface area contributed by atoms with Crippen molar-refractivity contribution in [1.29, 1.82) is 0 Å². The Balaban J connectivity index is 2.88. The molecule has 0 heterocycles. The highest BCUT2D eigenvalue weighted by Gasteiger charge is 2.15. The molecule has 1 aromatic rings. The molecule has 0 unspecified atom stereocenters. The fourth-order valence-corrected chi connectivity index (χ4v) is 1.57. The summed E-state index contributed by atoms with van der Waals surface area (Å²) in [6.45, 7) is 0. The molecule has 0 saturated heterocycles. The van der Waals surface area contributed by atoms with Gasteiger partial charge in [-0.3, -0.25) is 9.59 Å². The lowest BCUT2D eigenvalue weighted by Crippen LogP contribution is -2.09. The Kier molecular flexibility index (Phi) is 3.95.